The van der Waals surface area contributed by atoms with Gasteiger partial charge < -0.3 is 15.2 Å². The minimum Gasteiger partial charge on any atom is -0.481 e. The summed E-state index contributed by atoms with van der Waals surface area (Å²) in [5.41, 5.74) is 0. The third kappa shape index (κ3) is 2.24. The number of rotatable bonds is 4. The topological polar surface area (TPSA) is 75.6 Å². The molecule has 0 saturated heterocycles. The predicted molar refractivity (Wildman–Crippen MR) is 71.9 cm³/mol. The molecule has 0 radical (unpaired) electrons. The van der Waals surface area contributed by atoms with Crippen molar-refractivity contribution in [2.24, 2.45) is 23.7 Å². The lowest BCUT2D eigenvalue weighted by Gasteiger charge is -2.25. The molecule has 0 aromatic rings. The Morgan fingerprint density at radius 3 is 2.45 bits per heavy atom. The van der Waals surface area contributed by atoms with E-state index in [9.17, 15) is 14.7 Å². The van der Waals surface area contributed by atoms with Gasteiger partial charge in [0.2, 0.25) is 5.91 Å². The standard InChI is InChI=1S/C15H21NO4/c1-20-11-5-4-10(7-11)16-14(17)12-8-2-3-9(6-8)13(12)15(18)19/h2-3,8-13H,4-7H2,1H3,(H,16,17)(H,18,19). The van der Waals surface area contributed by atoms with E-state index >= 15 is 0 Å². The first-order valence-corrected chi connectivity index (χ1v) is 7.34. The van der Waals surface area contributed by atoms with Gasteiger partial charge in [0.15, 0.2) is 0 Å². The molecule has 110 valence electrons. The highest BCUT2D eigenvalue weighted by Crippen LogP contribution is 2.48. The first-order valence-electron chi connectivity index (χ1n) is 7.34. The summed E-state index contributed by atoms with van der Waals surface area (Å²) in [6.45, 7) is 0. The number of carbonyl (C=O) groups excluding carboxylic acids is 1. The van der Waals surface area contributed by atoms with Crippen molar-refractivity contribution in [2.75, 3.05) is 7.11 Å². The van der Waals surface area contributed by atoms with E-state index in [1.807, 2.05) is 12.2 Å². The van der Waals surface area contributed by atoms with Crippen LogP contribution in [-0.4, -0.2) is 36.2 Å². The number of amides is 1. The van der Waals surface area contributed by atoms with Crippen LogP contribution in [0, 0.1) is 23.7 Å². The number of ether oxygens (including phenoxy) is 1. The van der Waals surface area contributed by atoms with Gasteiger partial charge in [-0.25, -0.2) is 0 Å². The van der Waals surface area contributed by atoms with E-state index in [1.165, 1.54) is 0 Å². The monoisotopic (exact) mass is 279 g/mol. The molecule has 0 aromatic heterocycles. The summed E-state index contributed by atoms with van der Waals surface area (Å²) >= 11 is 0. The molecule has 2 N–H and O–H groups in total. The Kier molecular flexibility index (Phi) is 3.54. The third-order valence-corrected chi connectivity index (χ3v) is 5.11. The zero-order chi connectivity index (χ0) is 14.3. The van der Waals surface area contributed by atoms with E-state index in [4.69, 9.17) is 4.74 Å². The first-order chi connectivity index (χ1) is 9.60. The molecular weight excluding hydrogens is 258 g/mol. The molecule has 2 fully saturated rings. The SMILES string of the molecule is COC1CCC(NC(=O)C2C3C=CC(C3)C2C(=O)O)C1. The lowest BCUT2D eigenvalue weighted by molar-refractivity contribution is -0.148. The minimum atomic E-state index is -0.844. The molecule has 20 heavy (non-hydrogen) atoms. The van der Waals surface area contributed by atoms with E-state index in [0.717, 1.165) is 25.7 Å². The van der Waals surface area contributed by atoms with Crippen LogP contribution < -0.4 is 5.32 Å². The Morgan fingerprint density at radius 2 is 1.85 bits per heavy atom. The van der Waals surface area contributed by atoms with E-state index in [-0.39, 0.29) is 29.9 Å². The van der Waals surface area contributed by atoms with Gasteiger partial charge >= 0.3 is 5.97 Å². The zero-order valence-corrected chi connectivity index (χ0v) is 11.6. The van der Waals surface area contributed by atoms with Crippen LogP contribution >= 0.6 is 0 Å². The zero-order valence-electron chi connectivity index (χ0n) is 11.6. The second-order valence-corrected chi connectivity index (χ2v) is 6.21. The van der Waals surface area contributed by atoms with Gasteiger partial charge in [0.1, 0.15) is 0 Å². The molecule has 2 saturated carbocycles. The van der Waals surface area contributed by atoms with E-state index < -0.39 is 17.8 Å². The number of nitrogens with one attached hydrogen (secondary N) is 1. The van der Waals surface area contributed by atoms with Crippen molar-refractivity contribution in [1.82, 2.24) is 5.32 Å². The molecule has 5 heteroatoms. The van der Waals surface area contributed by atoms with Crippen molar-refractivity contribution in [3.8, 4) is 0 Å². The predicted octanol–water partition coefficient (Wildman–Crippen LogP) is 1.19. The molecule has 3 aliphatic carbocycles. The number of carboxylic acids is 1. The van der Waals surface area contributed by atoms with Crippen LogP contribution in [0.1, 0.15) is 25.7 Å². The number of methoxy groups -OCH3 is 1. The summed E-state index contributed by atoms with van der Waals surface area (Å²) in [5.74, 6) is -1.75. The molecule has 6 atom stereocenters. The summed E-state index contributed by atoms with van der Waals surface area (Å²) in [6, 6.07) is 0.130. The fourth-order valence-corrected chi connectivity index (χ4v) is 4.10. The van der Waals surface area contributed by atoms with Gasteiger partial charge in [-0.3, -0.25) is 9.59 Å². The summed E-state index contributed by atoms with van der Waals surface area (Å²) < 4.78 is 5.30. The normalized spacial score (nSPS) is 42.0. The smallest absolute Gasteiger partial charge is 0.307 e. The Morgan fingerprint density at radius 1 is 1.15 bits per heavy atom. The minimum absolute atomic E-state index is 0.0311. The summed E-state index contributed by atoms with van der Waals surface area (Å²) in [7, 11) is 1.69. The number of aliphatic carboxylic acids is 1. The van der Waals surface area contributed by atoms with Gasteiger partial charge in [-0.05, 0) is 37.5 Å². The molecule has 0 aromatic carbocycles. The Hall–Kier alpha value is -1.36. The molecule has 0 aliphatic heterocycles. The Bertz CT molecular complexity index is 447. The quantitative estimate of drug-likeness (QED) is 0.758. The third-order valence-electron chi connectivity index (χ3n) is 5.11. The molecule has 3 aliphatic rings. The van der Waals surface area contributed by atoms with Gasteiger partial charge in [-0.2, -0.15) is 0 Å². The highest BCUT2D eigenvalue weighted by atomic mass is 16.5. The number of hydrogen-bond acceptors (Lipinski definition) is 3. The largest absolute Gasteiger partial charge is 0.481 e. The Labute approximate surface area is 118 Å². The van der Waals surface area contributed by atoms with E-state index in [1.54, 1.807) is 7.11 Å². The highest BCUT2D eigenvalue weighted by Gasteiger charge is 2.51. The molecule has 0 spiro atoms. The van der Waals surface area contributed by atoms with Crippen molar-refractivity contribution < 1.29 is 19.4 Å². The molecule has 2 bridgehead atoms. The summed E-state index contributed by atoms with van der Waals surface area (Å²) in [6.07, 6.45) is 7.70. The first kappa shape index (κ1) is 13.6. The van der Waals surface area contributed by atoms with Crippen molar-refractivity contribution in [2.45, 2.75) is 37.8 Å². The number of carboxylic acid groups (broad SMARTS) is 1. The van der Waals surface area contributed by atoms with Crippen LogP contribution in [0.15, 0.2) is 12.2 Å². The average Bonchev–Trinajstić information content (AvgIpc) is 3.12. The van der Waals surface area contributed by atoms with Crippen LogP contribution in [-0.2, 0) is 14.3 Å². The second kappa shape index (κ2) is 5.20. The fraction of sp³-hybridized carbons (Fsp3) is 0.733. The number of allylic oxidation sites excluding steroid dienone is 2. The summed E-state index contributed by atoms with van der Waals surface area (Å²) in [4.78, 5) is 23.9. The van der Waals surface area contributed by atoms with Crippen molar-refractivity contribution >= 4 is 11.9 Å². The van der Waals surface area contributed by atoms with Crippen LogP contribution in [0.5, 0.6) is 0 Å². The maximum absolute atomic E-state index is 12.5. The fourth-order valence-electron chi connectivity index (χ4n) is 4.10. The highest BCUT2D eigenvalue weighted by molar-refractivity contribution is 5.87. The Balaban J connectivity index is 1.65. The second-order valence-electron chi connectivity index (χ2n) is 6.21. The molecule has 1 amide bonds. The van der Waals surface area contributed by atoms with E-state index in [2.05, 4.69) is 5.32 Å². The number of hydrogen-bond donors (Lipinski definition) is 2. The summed E-state index contributed by atoms with van der Waals surface area (Å²) in [5, 5.41) is 12.4. The maximum Gasteiger partial charge on any atom is 0.307 e. The van der Waals surface area contributed by atoms with Crippen molar-refractivity contribution in [3.05, 3.63) is 12.2 Å². The van der Waals surface area contributed by atoms with Gasteiger partial charge in [-0.1, -0.05) is 12.2 Å². The van der Waals surface area contributed by atoms with Gasteiger partial charge in [-0.15, -0.1) is 0 Å². The maximum atomic E-state index is 12.5. The van der Waals surface area contributed by atoms with Crippen LogP contribution in [0.3, 0.4) is 0 Å². The number of carbonyl (C=O) groups is 2. The average molecular weight is 279 g/mol. The van der Waals surface area contributed by atoms with Crippen molar-refractivity contribution in [1.29, 1.82) is 0 Å². The molecule has 5 nitrogen and oxygen atoms in total. The molecule has 0 heterocycles. The van der Waals surface area contributed by atoms with Gasteiger partial charge in [0.05, 0.1) is 17.9 Å². The molecular formula is C15H21NO4. The van der Waals surface area contributed by atoms with Crippen molar-refractivity contribution in [3.63, 3.8) is 0 Å². The number of fused-ring (bicyclic) bond motifs is 2. The van der Waals surface area contributed by atoms with Crippen LogP contribution in [0.4, 0.5) is 0 Å². The van der Waals surface area contributed by atoms with E-state index in [0.29, 0.717) is 0 Å². The van der Waals surface area contributed by atoms with Crippen LogP contribution in [0.2, 0.25) is 0 Å². The van der Waals surface area contributed by atoms with Gasteiger partial charge in [0.25, 0.3) is 0 Å². The lowest BCUT2D eigenvalue weighted by Crippen LogP contribution is -2.43. The molecule has 6 unspecified atom stereocenters. The molecule has 3 rings (SSSR count). The van der Waals surface area contributed by atoms with Crippen LogP contribution in [0.25, 0.3) is 0 Å². The lowest BCUT2D eigenvalue weighted by atomic mass is 9.82. The van der Waals surface area contributed by atoms with Gasteiger partial charge in [0, 0.05) is 13.2 Å².